The molecule has 130 valence electrons. The van der Waals surface area contributed by atoms with E-state index in [1.54, 1.807) is 0 Å². The van der Waals surface area contributed by atoms with Gasteiger partial charge in [-0.3, -0.25) is 9.69 Å². The lowest BCUT2D eigenvalue weighted by molar-refractivity contribution is -0.134. The molecule has 1 aromatic rings. The Hall–Kier alpha value is -1.39. The molecule has 1 spiro atoms. The van der Waals surface area contributed by atoms with Crippen molar-refractivity contribution >= 4 is 11.6 Å². The molecule has 7 rings (SSSR count). The molecule has 6 aliphatic rings. The van der Waals surface area contributed by atoms with Crippen LogP contribution in [0.1, 0.15) is 31.2 Å². The zero-order chi connectivity index (χ0) is 16.3. The summed E-state index contributed by atoms with van der Waals surface area (Å²) >= 11 is 0. The van der Waals surface area contributed by atoms with Gasteiger partial charge in [0.2, 0.25) is 5.91 Å². The van der Waals surface area contributed by atoms with E-state index in [0.29, 0.717) is 30.3 Å². The largest absolute Gasteiger partial charge is 0.377 e. The minimum absolute atomic E-state index is 0.156. The van der Waals surface area contributed by atoms with E-state index in [-0.39, 0.29) is 11.5 Å². The van der Waals surface area contributed by atoms with Gasteiger partial charge in [-0.2, -0.15) is 0 Å². The number of rotatable bonds is 0. The van der Waals surface area contributed by atoms with Crippen molar-refractivity contribution in [3.63, 3.8) is 0 Å². The fourth-order valence-corrected chi connectivity index (χ4v) is 7.96. The minimum atomic E-state index is 0.156. The second-order valence-corrected chi connectivity index (χ2v) is 9.17. The van der Waals surface area contributed by atoms with Crippen LogP contribution in [0.25, 0.3) is 0 Å². The van der Waals surface area contributed by atoms with Crippen LogP contribution in [-0.2, 0) is 14.9 Å². The summed E-state index contributed by atoms with van der Waals surface area (Å²) in [5.74, 6) is 2.34. The summed E-state index contributed by atoms with van der Waals surface area (Å²) in [6.07, 6.45) is 4.46. The van der Waals surface area contributed by atoms with Crippen LogP contribution in [-0.4, -0.2) is 48.7 Å². The standard InChI is InChI=1S/C21H24N2O2/c24-18-10-16-19-13-9-17-21(6-7-22(17)11-12(13)5-8-25-16)14-3-1-2-4-15(14)23(18)20(19)21/h1-4,12-13,16-17,19-20H,5-11H2/t12-,13+,16+,17+,19?,20+,21-/m1/s1. The number of carbonyl (C=O) groups is 1. The maximum Gasteiger partial charge on any atom is 0.229 e. The molecular formula is C21H24N2O2. The molecule has 0 aromatic heterocycles. The molecule has 4 heteroatoms. The minimum Gasteiger partial charge on any atom is -0.377 e. The van der Waals surface area contributed by atoms with Crippen LogP contribution in [0.3, 0.4) is 0 Å². The van der Waals surface area contributed by atoms with Gasteiger partial charge in [-0.15, -0.1) is 0 Å². The number of piperidine rings is 2. The lowest BCUT2D eigenvalue weighted by Crippen LogP contribution is -2.70. The predicted molar refractivity (Wildman–Crippen MR) is 93.4 cm³/mol. The first kappa shape index (κ1) is 13.8. The number of ether oxygens (including phenoxy) is 1. The first-order valence-corrected chi connectivity index (χ1v) is 10.1. The Bertz CT molecular complexity index is 794. The molecule has 1 unspecified atom stereocenters. The van der Waals surface area contributed by atoms with Crippen LogP contribution in [0, 0.1) is 17.8 Å². The number of hydrogen-bond acceptors (Lipinski definition) is 3. The molecule has 5 heterocycles. The summed E-state index contributed by atoms with van der Waals surface area (Å²) in [6.45, 7) is 3.31. The molecule has 7 atom stereocenters. The normalized spacial score (nSPS) is 49.1. The van der Waals surface area contributed by atoms with E-state index in [4.69, 9.17) is 4.74 Å². The molecule has 1 amide bonds. The molecule has 1 aromatic carbocycles. The van der Waals surface area contributed by atoms with Crippen LogP contribution in [0.2, 0.25) is 0 Å². The van der Waals surface area contributed by atoms with Gasteiger partial charge in [0.15, 0.2) is 0 Å². The van der Waals surface area contributed by atoms with Gasteiger partial charge in [-0.1, -0.05) is 18.2 Å². The van der Waals surface area contributed by atoms with E-state index in [1.807, 2.05) is 0 Å². The van der Waals surface area contributed by atoms with Gasteiger partial charge in [0, 0.05) is 36.2 Å². The molecular weight excluding hydrogens is 312 g/mol. The molecule has 5 fully saturated rings. The van der Waals surface area contributed by atoms with Crippen LogP contribution < -0.4 is 4.90 Å². The zero-order valence-corrected chi connectivity index (χ0v) is 14.4. The zero-order valence-electron chi connectivity index (χ0n) is 14.4. The summed E-state index contributed by atoms with van der Waals surface area (Å²) in [6, 6.07) is 9.78. The summed E-state index contributed by atoms with van der Waals surface area (Å²) in [7, 11) is 0. The lowest BCUT2D eigenvalue weighted by atomic mass is 9.52. The first-order chi connectivity index (χ1) is 12.3. The molecule has 0 N–H and O–H groups in total. The number of fused-ring (bicyclic) bond motifs is 2. The van der Waals surface area contributed by atoms with E-state index in [2.05, 4.69) is 34.1 Å². The Morgan fingerprint density at radius 3 is 3.12 bits per heavy atom. The Morgan fingerprint density at radius 1 is 1.24 bits per heavy atom. The van der Waals surface area contributed by atoms with Gasteiger partial charge in [-0.25, -0.2) is 0 Å². The highest BCUT2D eigenvalue weighted by molar-refractivity contribution is 5.99. The first-order valence-electron chi connectivity index (χ1n) is 10.1. The van der Waals surface area contributed by atoms with Crippen molar-refractivity contribution in [3.8, 4) is 0 Å². The summed E-state index contributed by atoms with van der Waals surface area (Å²) in [5.41, 5.74) is 2.83. The topological polar surface area (TPSA) is 32.8 Å². The maximum absolute atomic E-state index is 13.2. The van der Waals surface area contributed by atoms with E-state index >= 15 is 0 Å². The Morgan fingerprint density at radius 2 is 2.16 bits per heavy atom. The number of nitrogens with zero attached hydrogens (tertiary/aromatic N) is 2. The van der Waals surface area contributed by atoms with Gasteiger partial charge < -0.3 is 9.64 Å². The second kappa shape index (κ2) is 4.29. The number of amides is 1. The van der Waals surface area contributed by atoms with E-state index < -0.39 is 0 Å². The molecule has 5 aliphatic heterocycles. The van der Waals surface area contributed by atoms with Crippen LogP contribution in [0.15, 0.2) is 24.3 Å². The van der Waals surface area contributed by atoms with Crippen LogP contribution in [0.4, 0.5) is 5.69 Å². The highest BCUT2D eigenvalue weighted by atomic mass is 16.5. The van der Waals surface area contributed by atoms with Crippen molar-refractivity contribution in [3.05, 3.63) is 29.8 Å². The number of carbonyl (C=O) groups excluding carboxylic acids is 1. The van der Waals surface area contributed by atoms with Crippen molar-refractivity contribution in [1.29, 1.82) is 0 Å². The predicted octanol–water partition coefficient (Wildman–Crippen LogP) is 2.17. The monoisotopic (exact) mass is 336 g/mol. The lowest BCUT2D eigenvalue weighted by Gasteiger charge is -2.59. The third-order valence-corrected chi connectivity index (χ3v) is 8.64. The van der Waals surface area contributed by atoms with Crippen LogP contribution in [0.5, 0.6) is 0 Å². The fraction of sp³-hybridized carbons (Fsp3) is 0.667. The maximum atomic E-state index is 13.2. The van der Waals surface area contributed by atoms with Crippen molar-refractivity contribution < 1.29 is 9.53 Å². The quantitative estimate of drug-likeness (QED) is 0.728. The second-order valence-electron chi connectivity index (χ2n) is 9.17. The van der Waals surface area contributed by atoms with Crippen molar-refractivity contribution in [2.24, 2.45) is 17.8 Å². The molecule has 4 saturated heterocycles. The van der Waals surface area contributed by atoms with E-state index in [0.717, 1.165) is 18.4 Å². The van der Waals surface area contributed by atoms with Gasteiger partial charge in [0.1, 0.15) is 0 Å². The molecule has 2 bridgehead atoms. The Labute approximate surface area is 148 Å². The third-order valence-electron chi connectivity index (χ3n) is 8.64. The number of anilines is 1. The van der Waals surface area contributed by atoms with Gasteiger partial charge in [0.25, 0.3) is 0 Å². The fourth-order valence-electron chi connectivity index (χ4n) is 7.96. The molecule has 1 aliphatic carbocycles. The summed E-state index contributed by atoms with van der Waals surface area (Å²) in [5, 5.41) is 0. The van der Waals surface area contributed by atoms with Gasteiger partial charge >= 0.3 is 0 Å². The smallest absolute Gasteiger partial charge is 0.229 e. The SMILES string of the molecule is O=C1C[C@@H]2OCC[C@@H]3CN4CC[C@]56c7ccccc7N1[C@H]5C2[C@H]3C[C@H]46. The number of benzene rings is 1. The molecule has 25 heavy (non-hydrogen) atoms. The van der Waals surface area contributed by atoms with Crippen LogP contribution >= 0.6 is 0 Å². The average Bonchev–Trinajstić information content (AvgIpc) is 3.10. The van der Waals surface area contributed by atoms with Gasteiger partial charge in [-0.05, 0) is 49.3 Å². The molecule has 1 saturated carbocycles. The summed E-state index contributed by atoms with van der Waals surface area (Å²) < 4.78 is 6.33. The highest BCUT2D eigenvalue weighted by Gasteiger charge is 2.71. The Balaban J connectivity index is 1.53. The van der Waals surface area contributed by atoms with Crippen molar-refractivity contribution in [2.75, 3.05) is 24.6 Å². The average molecular weight is 336 g/mol. The number of para-hydroxylation sites is 1. The number of hydrogen-bond donors (Lipinski definition) is 0. The van der Waals surface area contributed by atoms with E-state index in [9.17, 15) is 4.79 Å². The molecule has 0 radical (unpaired) electrons. The Kier molecular flexibility index (Phi) is 2.36. The van der Waals surface area contributed by atoms with Crippen molar-refractivity contribution in [1.82, 2.24) is 4.90 Å². The highest BCUT2D eigenvalue weighted by Crippen LogP contribution is 2.66. The van der Waals surface area contributed by atoms with E-state index in [1.165, 1.54) is 43.6 Å². The third kappa shape index (κ3) is 1.37. The van der Waals surface area contributed by atoms with Gasteiger partial charge in [0.05, 0.1) is 18.6 Å². The van der Waals surface area contributed by atoms with Crippen molar-refractivity contribution in [2.45, 2.75) is 49.3 Å². The molecule has 4 nitrogen and oxygen atoms in total. The summed E-state index contributed by atoms with van der Waals surface area (Å²) in [4.78, 5) is 18.2.